The van der Waals surface area contributed by atoms with Crippen molar-refractivity contribution in [2.45, 2.75) is 96.6 Å². The maximum atomic E-state index is 14.0. The van der Waals surface area contributed by atoms with Gasteiger partial charge in [0, 0.05) is 173 Å². The summed E-state index contributed by atoms with van der Waals surface area (Å²) in [6.45, 7) is 10.9. The first kappa shape index (κ1) is 94.1. The van der Waals surface area contributed by atoms with Crippen LogP contribution in [0.15, 0.2) is 231 Å². The second-order valence-electron chi connectivity index (χ2n) is 30.3. The maximum Gasteiger partial charge on any atom is 0.264 e. The molecule has 3 aliphatic rings. The van der Waals surface area contributed by atoms with Crippen LogP contribution in [0.25, 0.3) is 72.7 Å². The van der Waals surface area contributed by atoms with E-state index < -0.39 is 46.6 Å². The molecule has 0 radical (unpaired) electrons. The van der Waals surface area contributed by atoms with Crippen LogP contribution in [-0.4, -0.2) is 156 Å². The zero-order chi connectivity index (χ0) is 93.1. The number of rotatable bonds is 25. The SMILES string of the molecule is CC(=O)Nc1cc(-c2cnc(N)c(C(=O)N3CCC3)c2)ccn1.CC(=O)Nc1cc(-c2cnc3ccn(S(=O)(=O)C4CC4)c3c2)ccn1.CC(=O)Nc1cc(-c2cncc(C(=O)/C=C/c3ccc(F)cc3)c2)ccn1.CC(=O)Nc1cc(-c2cncc(N(CC3CC3)S(C)(=O)=O)c2)ccn1.CCc1ncc(-c2ccnc(CC(C)=O)c2)cc1NS(=O)(=O)c1ccc(F)cc1F. The lowest BCUT2D eigenvalue weighted by Gasteiger charge is -2.31. The van der Waals surface area contributed by atoms with E-state index in [-0.39, 0.29) is 70.1 Å². The molecule has 5 amide bonds. The van der Waals surface area contributed by atoms with Crippen LogP contribution in [-0.2, 0) is 66.9 Å². The minimum absolute atomic E-state index is 0.0334. The van der Waals surface area contributed by atoms with Gasteiger partial charge in [0.2, 0.25) is 43.7 Å². The number of fused-ring (bicyclic) bond motifs is 1. The lowest BCUT2D eigenvalue weighted by atomic mass is 10.0. The Balaban J connectivity index is 0.000000147. The highest BCUT2D eigenvalue weighted by Crippen LogP contribution is 2.37. The molecule has 0 spiro atoms. The summed E-state index contributed by atoms with van der Waals surface area (Å²) in [5.74, 6) is -1.17. The largest absolute Gasteiger partial charge is 0.383 e. The highest BCUT2D eigenvalue weighted by molar-refractivity contribution is 7.93. The number of anilines is 7. The molecule has 0 atom stereocenters. The number of likely N-dealkylation sites (tertiary alicyclic amines) is 1. The Morgan fingerprint density at radius 2 is 1.02 bits per heavy atom. The molecule has 16 rings (SSSR count). The summed E-state index contributed by atoms with van der Waals surface area (Å²) in [5.41, 5.74) is 17.8. The van der Waals surface area contributed by atoms with Crippen LogP contribution in [0.1, 0.15) is 111 Å². The van der Waals surface area contributed by atoms with E-state index in [1.807, 2.05) is 0 Å². The second kappa shape index (κ2) is 42.0. The Hall–Kier alpha value is -15.1. The number of nitrogens with one attached hydrogen (secondary N) is 5. The molecule has 3 fully saturated rings. The van der Waals surface area contributed by atoms with Crippen molar-refractivity contribution in [2.24, 2.45) is 5.92 Å². The van der Waals surface area contributed by atoms with Crippen molar-refractivity contribution in [3.8, 4) is 55.6 Å². The Bertz CT molecular complexity index is 6860. The van der Waals surface area contributed by atoms with Crippen molar-refractivity contribution in [3.05, 3.63) is 272 Å². The Kier molecular flexibility index (Phi) is 30.4. The average molecular weight is 1820 g/mol. The molecule has 2 aromatic carbocycles. The molecule has 1 saturated heterocycles. The molecule has 2 aliphatic carbocycles. The number of halogens is 3. The van der Waals surface area contributed by atoms with E-state index in [2.05, 4.69) is 75.8 Å². The lowest BCUT2D eigenvalue weighted by Crippen LogP contribution is -2.42. The van der Waals surface area contributed by atoms with Gasteiger partial charge in [-0.25, -0.2) is 67.3 Å². The van der Waals surface area contributed by atoms with Crippen molar-refractivity contribution in [1.82, 2.24) is 58.7 Å². The van der Waals surface area contributed by atoms with E-state index in [4.69, 9.17) is 5.73 Å². The number of carbonyl (C=O) groups excluding carboxylic acids is 7. The minimum Gasteiger partial charge on any atom is -0.383 e. The normalized spacial score (nSPS) is 12.7. The number of nitrogens with two attached hydrogens (primary N) is 1. The highest BCUT2D eigenvalue weighted by atomic mass is 32.2. The van der Waals surface area contributed by atoms with Crippen LogP contribution in [0.5, 0.6) is 0 Å². The summed E-state index contributed by atoms with van der Waals surface area (Å²) in [6, 6.07) is 35.9. The summed E-state index contributed by atoms with van der Waals surface area (Å²) >= 11 is 0. The lowest BCUT2D eigenvalue weighted by molar-refractivity contribution is -0.117. The van der Waals surface area contributed by atoms with Crippen molar-refractivity contribution in [2.75, 3.05) is 61.9 Å². The predicted molar refractivity (Wildman–Crippen MR) is 488 cm³/mol. The van der Waals surface area contributed by atoms with E-state index in [1.165, 1.54) is 73.6 Å². The fourth-order valence-electron chi connectivity index (χ4n) is 13.0. The molecule has 7 N–H and O–H groups in total. The number of pyridine rings is 10. The molecule has 38 heteroatoms. The minimum atomic E-state index is -4.31. The smallest absolute Gasteiger partial charge is 0.264 e. The Morgan fingerprint density at radius 3 is 1.52 bits per heavy atom. The number of aryl methyl sites for hydroxylation is 1. The summed E-state index contributed by atoms with van der Waals surface area (Å²) in [5, 5.41) is 10.2. The van der Waals surface area contributed by atoms with Crippen LogP contribution in [0.2, 0.25) is 0 Å². The van der Waals surface area contributed by atoms with Gasteiger partial charge in [0.05, 0.1) is 51.4 Å². The van der Waals surface area contributed by atoms with E-state index >= 15 is 0 Å². The van der Waals surface area contributed by atoms with Gasteiger partial charge in [-0.05, 0) is 212 Å². The van der Waals surface area contributed by atoms with Gasteiger partial charge in [-0.3, -0.25) is 67.5 Å². The van der Waals surface area contributed by atoms with E-state index in [1.54, 1.807) is 201 Å². The number of aromatic nitrogens is 11. The van der Waals surface area contributed by atoms with Crippen LogP contribution < -0.4 is 36.0 Å². The van der Waals surface area contributed by atoms with Gasteiger partial charge in [-0.1, -0.05) is 25.1 Å². The number of allylic oxidation sites excluding steroid dienone is 1. The van der Waals surface area contributed by atoms with Gasteiger partial charge < -0.3 is 31.9 Å². The first-order valence-electron chi connectivity index (χ1n) is 40.5. The molecule has 1 aliphatic heterocycles. The van der Waals surface area contributed by atoms with E-state index in [0.29, 0.717) is 111 Å². The number of hydrogen-bond acceptors (Lipinski definition) is 24. The molecule has 2 saturated carbocycles. The van der Waals surface area contributed by atoms with Gasteiger partial charge in [0.15, 0.2) is 5.78 Å². The first-order valence-corrected chi connectivity index (χ1v) is 45.4. The number of carbonyl (C=O) groups is 7. The Morgan fingerprint density at radius 1 is 0.515 bits per heavy atom. The molecular formula is C92H88F3N19O13S3. The zero-order valence-corrected chi connectivity index (χ0v) is 73.7. The molecule has 130 heavy (non-hydrogen) atoms. The van der Waals surface area contributed by atoms with Gasteiger partial charge in [0.1, 0.15) is 57.2 Å². The van der Waals surface area contributed by atoms with Crippen molar-refractivity contribution in [1.29, 1.82) is 0 Å². The monoisotopic (exact) mass is 1820 g/mol. The van der Waals surface area contributed by atoms with Crippen molar-refractivity contribution >= 4 is 129 Å². The van der Waals surface area contributed by atoms with Gasteiger partial charge in [-0.2, -0.15) is 0 Å². The molecule has 0 unspecified atom stereocenters. The van der Waals surface area contributed by atoms with Crippen molar-refractivity contribution < 1.29 is 72.0 Å². The third kappa shape index (κ3) is 25.9. The number of amides is 5. The first-order chi connectivity index (χ1) is 62.0. The number of nitrogens with zero attached hydrogens (tertiary/aromatic N) is 13. The van der Waals surface area contributed by atoms with Crippen LogP contribution in [0, 0.1) is 23.4 Å². The van der Waals surface area contributed by atoms with E-state index in [0.717, 1.165) is 94.6 Å². The van der Waals surface area contributed by atoms with Gasteiger partial charge in [0.25, 0.3) is 15.9 Å². The molecular weight excluding hydrogens is 1730 g/mol. The van der Waals surface area contributed by atoms with Crippen LogP contribution in [0.3, 0.4) is 0 Å². The van der Waals surface area contributed by atoms with Gasteiger partial charge >= 0.3 is 0 Å². The quantitative estimate of drug-likeness (QED) is 0.0229. The summed E-state index contributed by atoms with van der Waals surface area (Å²) in [4.78, 5) is 124. The topological polar surface area (TPSA) is 448 Å². The molecule has 668 valence electrons. The fraction of sp³-hybridized carbons (Fsp3) is 0.207. The summed E-state index contributed by atoms with van der Waals surface area (Å²) in [6.07, 6.45) is 30.1. The Labute approximate surface area is 746 Å². The summed E-state index contributed by atoms with van der Waals surface area (Å²) in [7, 11) is -11.0. The predicted octanol–water partition coefficient (Wildman–Crippen LogP) is 14.3. The third-order valence-corrected chi connectivity index (χ3v) is 24.5. The number of benzene rings is 2. The van der Waals surface area contributed by atoms with Gasteiger partial charge in [-0.15, -0.1) is 0 Å². The second-order valence-corrected chi connectivity index (χ2v) is 35.9. The van der Waals surface area contributed by atoms with Crippen molar-refractivity contribution in [3.63, 3.8) is 0 Å². The van der Waals surface area contributed by atoms with E-state index in [9.17, 15) is 72.0 Å². The molecule has 13 aromatic rings. The number of nitrogen functional groups attached to an aromatic ring is 1. The molecule has 32 nitrogen and oxygen atoms in total. The molecule has 12 heterocycles. The molecule has 0 bridgehead atoms. The maximum absolute atomic E-state index is 14.0. The number of hydrogen-bond donors (Lipinski definition) is 6. The number of Topliss-reactive ketones (excluding diaryl/α,β-unsaturated/α-hetero) is 1. The number of ketones is 2. The van der Waals surface area contributed by atoms with Crippen LogP contribution >= 0.6 is 0 Å². The van der Waals surface area contributed by atoms with Crippen LogP contribution in [0.4, 0.5) is 53.6 Å². The zero-order valence-electron chi connectivity index (χ0n) is 71.2. The highest BCUT2D eigenvalue weighted by Gasteiger charge is 2.38. The third-order valence-electron chi connectivity index (χ3n) is 19.8. The standard InChI is InChI=1S/C21H19F2N3O3S.C21H16FN3O2.C17H16N4O3S.C17H20N4O3S.C16H17N5O2/c1-3-19-20(26-30(28,29)21-5-4-16(22)11-18(21)23)10-15(12-25-19)14-6-7-24-17(9-14)8-13(2)27;1-14(26)25-21-11-16(8-9-24-21)17-10-18(13-23-12-17)20(27)7-4-15-2-5-19(22)6-3-15;1-11(22)20-17-9-12(4-6-18-17)13-8-16-15(19-10-13)5-7-21(16)25(23,24)14-2-3-14;1-12(22)20-17-8-14(5-6-19-17)15-7-16(10-18-9-15)21(25(2,23)24)11-13-3-4-13;1-10(22)20-14-8-11(3-4-18-14)12-7-13(15(17)19-9-12)16(23)21-5-2-6-21/h4-7,9-12,26H,3,8H2,1-2H3;2-13H,1H3,(H,24,25,26);4-10,14H,2-3H2,1H3,(H,18,20,22);5-10,13H,3-4,11H2,1-2H3,(H,19,20,22);3-4,7-9H,2,5-6H2,1H3,(H2,17,19)(H,18,20,22)/b;7-4+;;;. The average Bonchev–Trinajstić information content (AvgIpc) is 1.60. The summed E-state index contributed by atoms with van der Waals surface area (Å²) < 4.78 is 120. The number of sulfonamides is 2. The molecule has 11 aromatic heterocycles. The fourth-order valence-corrected chi connectivity index (χ4v) is 16.8.